The molecule has 0 aliphatic rings. The molecule has 0 heterocycles. The molecule has 0 aliphatic heterocycles. The molecule has 3 aromatic carbocycles. The lowest BCUT2D eigenvalue weighted by Crippen LogP contribution is -2.05. The maximum atomic E-state index is 14.0. The van der Waals surface area contributed by atoms with E-state index in [4.69, 9.17) is 21.1 Å². The van der Waals surface area contributed by atoms with Gasteiger partial charge in [0.1, 0.15) is 23.4 Å². The van der Waals surface area contributed by atoms with Crippen LogP contribution in [0.5, 0.6) is 11.5 Å². The number of aliphatic hydroxyl groups is 1. The second-order valence-electron chi connectivity index (χ2n) is 6.62. The minimum absolute atomic E-state index is 0.00761. The number of ether oxygens (including phenoxy) is 2. The SMILES string of the molecule is COc1cc(C)c(Br)cc1Br.COc1cc(C)c(C(O)c2cccc(Cl)c2F)cc1Br. The van der Waals surface area contributed by atoms with Gasteiger partial charge in [0.2, 0.25) is 0 Å². The van der Waals surface area contributed by atoms with E-state index >= 15 is 0 Å². The van der Waals surface area contributed by atoms with Crippen molar-refractivity contribution in [2.75, 3.05) is 14.2 Å². The summed E-state index contributed by atoms with van der Waals surface area (Å²) >= 11 is 15.9. The van der Waals surface area contributed by atoms with Crippen molar-refractivity contribution < 1.29 is 19.0 Å². The van der Waals surface area contributed by atoms with E-state index in [2.05, 4.69) is 47.8 Å². The lowest BCUT2D eigenvalue weighted by molar-refractivity contribution is 0.214. The molecule has 0 fully saturated rings. The van der Waals surface area contributed by atoms with Crippen LogP contribution < -0.4 is 9.47 Å². The van der Waals surface area contributed by atoms with Crippen LogP contribution in [0, 0.1) is 19.7 Å². The molecule has 0 aliphatic carbocycles. The Balaban J connectivity index is 0.000000262. The van der Waals surface area contributed by atoms with E-state index in [0.29, 0.717) is 15.8 Å². The van der Waals surface area contributed by atoms with E-state index < -0.39 is 11.9 Å². The molecule has 166 valence electrons. The first-order chi connectivity index (χ1) is 14.6. The first-order valence-corrected chi connectivity index (χ1v) is 11.8. The summed E-state index contributed by atoms with van der Waals surface area (Å²) in [5.74, 6) is 0.920. The predicted molar refractivity (Wildman–Crippen MR) is 134 cm³/mol. The molecule has 1 atom stereocenters. The Morgan fingerprint density at radius 3 is 1.97 bits per heavy atom. The Kier molecular flexibility index (Phi) is 9.83. The number of methoxy groups -OCH3 is 2. The highest BCUT2D eigenvalue weighted by Crippen LogP contribution is 2.35. The van der Waals surface area contributed by atoms with Gasteiger partial charge in [0.05, 0.1) is 28.2 Å². The third-order valence-corrected chi connectivity index (χ3v) is 6.93. The smallest absolute Gasteiger partial charge is 0.147 e. The van der Waals surface area contributed by atoms with Crippen LogP contribution in [0.1, 0.15) is 28.4 Å². The van der Waals surface area contributed by atoms with Crippen LogP contribution in [0.3, 0.4) is 0 Å². The summed E-state index contributed by atoms with van der Waals surface area (Å²) in [5.41, 5.74) is 2.72. The standard InChI is InChI=1S/C15H13BrClFO2.C8H8Br2O/c1-8-6-13(20-2)11(16)7-10(8)15(19)9-4-3-5-12(17)14(9)18;1-5-3-8(11-2)7(10)4-6(5)9/h3-7,15,19H,1-2H3;3-4H,1-2H3. The van der Waals surface area contributed by atoms with Gasteiger partial charge in [-0.15, -0.1) is 0 Å². The minimum atomic E-state index is -1.09. The molecule has 0 radical (unpaired) electrons. The number of aliphatic hydroxyl groups excluding tert-OH is 1. The fourth-order valence-corrected chi connectivity index (χ4v) is 4.67. The van der Waals surface area contributed by atoms with Gasteiger partial charge in [-0.25, -0.2) is 4.39 Å². The van der Waals surface area contributed by atoms with Gasteiger partial charge in [-0.2, -0.15) is 0 Å². The van der Waals surface area contributed by atoms with Crippen molar-refractivity contribution in [2.45, 2.75) is 20.0 Å². The summed E-state index contributed by atoms with van der Waals surface area (Å²) in [7, 11) is 3.22. The number of benzene rings is 3. The maximum absolute atomic E-state index is 14.0. The molecule has 0 aromatic heterocycles. The quantitative estimate of drug-likeness (QED) is 0.313. The average molecular weight is 640 g/mol. The second-order valence-corrected chi connectivity index (χ2v) is 9.60. The number of hydrogen-bond acceptors (Lipinski definition) is 3. The zero-order valence-corrected chi connectivity index (χ0v) is 22.8. The summed E-state index contributed by atoms with van der Waals surface area (Å²) < 4.78 is 27.0. The molecule has 3 aromatic rings. The highest BCUT2D eigenvalue weighted by molar-refractivity contribution is 9.11. The Morgan fingerprint density at radius 1 is 0.839 bits per heavy atom. The molecular formula is C23H21Br3ClFO3. The van der Waals surface area contributed by atoms with Crippen molar-refractivity contribution in [2.24, 2.45) is 0 Å². The van der Waals surface area contributed by atoms with Gasteiger partial charge < -0.3 is 14.6 Å². The topological polar surface area (TPSA) is 38.7 Å². The van der Waals surface area contributed by atoms with Gasteiger partial charge in [0.15, 0.2) is 0 Å². The molecule has 1 unspecified atom stereocenters. The highest BCUT2D eigenvalue weighted by atomic mass is 79.9. The minimum Gasteiger partial charge on any atom is -0.496 e. The lowest BCUT2D eigenvalue weighted by atomic mass is 9.97. The van der Waals surface area contributed by atoms with Crippen LogP contribution in [-0.2, 0) is 0 Å². The Bertz CT molecular complexity index is 1080. The van der Waals surface area contributed by atoms with Crippen LogP contribution in [0.2, 0.25) is 5.02 Å². The molecule has 0 amide bonds. The van der Waals surface area contributed by atoms with Crippen LogP contribution >= 0.6 is 59.4 Å². The molecule has 0 spiro atoms. The van der Waals surface area contributed by atoms with Crippen LogP contribution in [0.25, 0.3) is 0 Å². The molecule has 0 saturated carbocycles. The highest BCUT2D eigenvalue weighted by Gasteiger charge is 2.20. The largest absolute Gasteiger partial charge is 0.496 e. The first kappa shape index (κ1) is 26.1. The normalized spacial score (nSPS) is 11.4. The van der Waals surface area contributed by atoms with Gasteiger partial charge in [-0.05, 0) is 92.7 Å². The summed E-state index contributed by atoms with van der Waals surface area (Å²) in [4.78, 5) is 0. The Hall–Kier alpha value is -1.12. The van der Waals surface area contributed by atoms with E-state index in [9.17, 15) is 9.50 Å². The van der Waals surface area contributed by atoms with E-state index in [1.165, 1.54) is 17.7 Å². The van der Waals surface area contributed by atoms with E-state index in [1.807, 2.05) is 26.0 Å². The number of aryl methyl sites for hydroxylation is 2. The van der Waals surface area contributed by atoms with Gasteiger partial charge >= 0.3 is 0 Å². The zero-order chi connectivity index (χ0) is 23.3. The first-order valence-electron chi connectivity index (χ1n) is 9.06. The molecule has 1 N–H and O–H groups in total. The molecule has 0 bridgehead atoms. The summed E-state index contributed by atoms with van der Waals surface area (Å²) in [5, 5.41) is 10.4. The van der Waals surface area contributed by atoms with Gasteiger partial charge in [0, 0.05) is 10.0 Å². The molecule has 3 nitrogen and oxygen atoms in total. The number of halogens is 5. The van der Waals surface area contributed by atoms with Crippen LogP contribution in [0.15, 0.2) is 55.9 Å². The van der Waals surface area contributed by atoms with E-state index in [0.717, 1.165) is 20.3 Å². The molecule has 8 heteroatoms. The Morgan fingerprint density at radius 2 is 1.39 bits per heavy atom. The summed E-state index contributed by atoms with van der Waals surface area (Å²) in [6.45, 7) is 3.86. The van der Waals surface area contributed by atoms with Crippen molar-refractivity contribution in [1.29, 1.82) is 0 Å². The average Bonchev–Trinajstić information content (AvgIpc) is 2.74. The number of rotatable bonds is 4. The third-order valence-electron chi connectivity index (χ3n) is 4.54. The summed E-state index contributed by atoms with van der Waals surface area (Å²) in [6, 6.07) is 12.0. The van der Waals surface area contributed by atoms with Gasteiger partial charge in [0.25, 0.3) is 0 Å². The fourth-order valence-electron chi connectivity index (χ4n) is 2.81. The van der Waals surface area contributed by atoms with Crippen molar-refractivity contribution in [3.8, 4) is 11.5 Å². The Labute approximate surface area is 211 Å². The number of hydrogen-bond donors (Lipinski definition) is 1. The second kappa shape index (κ2) is 11.7. The van der Waals surface area contributed by atoms with Gasteiger partial charge in [-0.3, -0.25) is 0 Å². The predicted octanol–water partition coefficient (Wildman–Crippen LogP) is 8.17. The van der Waals surface area contributed by atoms with Gasteiger partial charge in [-0.1, -0.05) is 39.7 Å². The van der Waals surface area contributed by atoms with Crippen LogP contribution in [0.4, 0.5) is 4.39 Å². The fraction of sp³-hybridized carbons (Fsp3) is 0.217. The van der Waals surface area contributed by atoms with Crippen LogP contribution in [-0.4, -0.2) is 19.3 Å². The lowest BCUT2D eigenvalue weighted by Gasteiger charge is -2.17. The van der Waals surface area contributed by atoms with Crippen molar-refractivity contribution in [3.63, 3.8) is 0 Å². The third kappa shape index (κ3) is 6.45. The molecule has 31 heavy (non-hydrogen) atoms. The van der Waals surface area contributed by atoms with E-state index in [-0.39, 0.29) is 10.6 Å². The zero-order valence-electron chi connectivity index (χ0n) is 17.3. The monoisotopic (exact) mass is 636 g/mol. The molecular weight excluding hydrogens is 618 g/mol. The van der Waals surface area contributed by atoms with Crippen molar-refractivity contribution >= 4 is 59.4 Å². The molecule has 3 rings (SSSR count). The molecule has 0 saturated heterocycles. The van der Waals surface area contributed by atoms with E-state index in [1.54, 1.807) is 32.4 Å². The van der Waals surface area contributed by atoms with Crippen molar-refractivity contribution in [1.82, 2.24) is 0 Å². The maximum Gasteiger partial charge on any atom is 0.147 e. The summed E-state index contributed by atoms with van der Waals surface area (Å²) in [6.07, 6.45) is -1.09. The van der Waals surface area contributed by atoms with Crippen molar-refractivity contribution in [3.05, 3.63) is 89.0 Å².